The van der Waals surface area contributed by atoms with Crippen LogP contribution in [0.4, 0.5) is 5.69 Å². The number of nitro groups is 1. The van der Waals surface area contributed by atoms with Crippen LogP contribution in [0.15, 0.2) is 22.7 Å². The zero-order valence-electron chi connectivity index (χ0n) is 7.37. The van der Waals surface area contributed by atoms with E-state index >= 15 is 0 Å². The maximum atomic E-state index is 10.4. The van der Waals surface area contributed by atoms with Gasteiger partial charge in [0, 0.05) is 23.0 Å². The van der Waals surface area contributed by atoms with Gasteiger partial charge >= 0.3 is 0 Å². The number of nitro benzene ring substituents is 1. The summed E-state index contributed by atoms with van der Waals surface area (Å²) < 4.78 is 0.738. The number of nitrogens with zero attached hydrogens (tertiary/aromatic N) is 1. The van der Waals surface area contributed by atoms with Crippen LogP contribution in [-0.2, 0) is 6.42 Å². The quantitative estimate of drug-likeness (QED) is 0.472. The molecule has 0 bridgehead atoms. The lowest BCUT2D eigenvalue weighted by atomic mass is 10.1. The molecule has 72 valence electrons. The van der Waals surface area contributed by atoms with Crippen molar-refractivity contribution in [1.82, 2.24) is 0 Å². The average molecular weight is 254 g/mol. The van der Waals surface area contributed by atoms with E-state index in [2.05, 4.69) is 21.9 Å². The highest BCUT2D eigenvalue weighted by atomic mass is 79.9. The van der Waals surface area contributed by atoms with Crippen LogP contribution >= 0.6 is 15.9 Å². The van der Waals surface area contributed by atoms with Crippen LogP contribution in [0, 0.1) is 22.5 Å². The van der Waals surface area contributed by atoms with Gasteiger partial charge in [0.15, 0.2) is 0 Å². The van der Waals surface area contributed by atoms with Crippen LogP contribution in [0.5, 0.6) is 0 Å². The number of hydrogen-bond donors (Lipinski definition) is 0. The van der Waals surface area contributed by atoms with E-state index in [-0.39, 0.29) is 5.69 Å². The molecule has 3 nitrogen and oxygen atoms in total. The zero-order chi connectivity index (χ0) is 10.6. The largest absolute Gasteiger partial charge is 0.270 e. The lowest BCUT2D eigenvalue weighted by Gasteiger charge is -2.01. The predicted molar refractivity (Wildman–Crippen MR) is 58.0 cm³/mol. The Bertz CT molecular complexity index is 396. The van der Waals surface area contributed by atoms with Gasteiger partial charge in [0.05, 0.1) is 4.92 Å². The highest BCUT2D eigenvalue weighted by Crippen LogP contribution is 2.23. The highest BCUT2D eigenvalue weighted by Gasteiger charge is 2.08. The third kappa shape index (κ3) is 2.57. The Kier molecular flexibility index (Phi) is 3.66. The van der Waals surface area contributed by atoms with E-state index in [1.807, 2.05) is 0 Å². The van der Waals surface area contributed by atoms with Crippen LogP contribution in [0.1, 0.15) is 12.0 Å². The molecule has 0 N–H and O–H groups in total. The molecule has 0 heterocycles. The van der Waals surface area contributed by atoms with Gasteiger partial charge in [-0.3, -0.25) is 10.1 Å². The van der Waals surface area contributed by atoms with Crippen LogP contribution in [0.2, 0.25) is 0 Å². The molecule has 1 aromatic carbocycles. The average Bonchev–Trinajstić information content (AvgIpc) is 2.15. The molecule has 0 saturated heterocycles. The van der Waals surface area contributed by atoms with E-state index in [1.165, 1.54) is 12.1 Å². The fourth-order valence-electron chi connectivity index (χ4n) is 1.06. The third-order valence-corrected chi connectivity index (χ3v) is 2.52. The van der Waals surface area contributed by atoms with Gasteiger partial charge in [-0.1, -0.05) is 22.0 Å². The van der Waals surface area contributed by atoms with Crippen molar-refractivity contribution in [3.63, 3.8) is 0 Å². The van der Waals surface area contributed by atoms with Crippen molar-refractivity contribution in [2.24, 2.45) is 0 Å². The van der Waals surface area contributed by atoms with E-state index in [0.29, 0.717) is 6.42 Å². The molecule has 0 saturated carbocycles. The lowest BCUT2D eigenvalue weighted by Crippen LogP contribution is -1.91. The second kappa shape index (κ2) is 4.77. The predicted octanol–water partition coefficient (Wildman–Crippen LogP) is 2.92. The van der Waals surface area contributed by atoms with E-state index < -0.39 is 4.92 Å². The molecular formula is C10H8BrNO2. The van der Waals surface area contributed by atoms with Gasteiger partial charge in [0.1, 0.15) is 0 Å². The Balaban J connectivity index is 2.91. The number of rotatable bonds is 3. The number of halogens is 1. The Hall–Kier alpha value is -1.34. The van der Waals surface area contributed by atoms with Crippen molar-refractivity contribution in [2.45, 2.75) is 12.8 Å². The third-order valence-electron chi connectivity index (χ3n) is 1.79. The molecule has 0 amide bonds. The monoisotopic (exact) mass is 253 g/mol. The Morgan fingerprint density at radius 2 is 2.29 bits per heavy atom. The number of aryl methyl sites for hydroxylation is 1. The van der Waals surface area contributed by atoms with E-state index in [4.69, 9.17) is 6.42 Å². The zero-order valence-corrected chi connectivity index (χ0v) is 8.95. The minimum atomic E-state index is -0.421. The molecule has 0 radical (unpaired) electrons. The van der Waals surface area contributed by atoms with Crippen LogP contribution in [-0.4, -0.2) is 4.92 Å². The van der Waals surface area contributed by atoms with Gasteiger partial charge in [-0.05, 0) is 12.0 Å². The maximum absolute atomic E-state index is 10.4. The van der Waals surface area contributed by atoms with Crippen molar-refractivity contribution in [3.05, 3.63) is 38.3 Å². The smallest absolute Gasteiger partial charge is 0.258 e. The first-order valence-electron chi connectivity index (χ1n) is 4.01. The number of hydrogen-bond acceptors (Lipinski definition) is 2. The summed E-state index contributed by atoms with van der Waals surface area (Å²) in [5.41, 5.74) is 1.08. The number of non-ortho nitro benzene ring substituents is 1. The summed E-state index contributed by atoms with van der Waals surface area (Å²) in [5, 5.41) is 10.4. The molecule has 0 atom stereocenters. The van der Waals surface area contributed by atoms with Crippen molar-refractivity contribution in [2.75, 3.05) is 0 Å². The van der Waals surface area contributed by atoms with Gasteiger partial charge < -0.3 is 0 Å². The van der Waals surface area contributed by atoms with Crippen molar-refractivity contribution in [3.8, 4) is 12.3 Å². The summed E-state index contributed by atoms with van der Waals surface area (Å²) in [4.78, 5) is 10.0. The van der Waals surface area contributed by atoms with Crippen molar-refractivity contribution in [1.29, 1.82) is 0 Å². The molecule has 0 aliphatic carbocycles. The molecule has 1 rings (SSSR count). The minimum Gasteiger partial charge on any atom is -0.258 e. The number of benzene rings is 1. The summed E-state index contributed by atoms with van der Waals surface area (Å²) in [5.74, 6) is 2.53. The molecular weight excluding hydrogens is 246 g/mol. The molecule has 1 aromatic rings. The van der Waals surface area contributed by atoms with Gasteiger partial charge in [0.25, 0.3) is 5.69 Å². The minimum absolute atomic E-state index is 0.0846. The van der Waals surface area contributed by atoms with E-state index in [0.717, 1.165) is 16.5 Å². The normalized spacial score (nSPS) is 9.43. The Morgan fingerprint density at radius 1 is 1.57 bits per heavy atom. The summed E-state index contributed by atoms with van der Waals surface area (Å²) in [7, 11) is 0. The lowest BCUT2D eigenvalue weighted by molar-refractivity contribution is -0.384. The fourth-order valence-corrected chi connectivity index (χ4v) is 1.62. The second-order valence-electron chi connectivity index (χ2n) is 2.74. The first-order valence-corrected chi connectivity index (χ1v) is 4.80. The summed E-state index contributed by atoms with van der Waals surface area (Å²) in [6.07, 6.45) is 6.50. The fraction of sp³-hybridized carbons (Fsp3) is 0.200. The molecule has 4 heteroatoms. The van der Waals surface area contributed by atoms with Crippen molar-refractivity contribution >= 4 is 21.6 Å². The standard InChI is InChI=1S/C10H8BrNO2/c1-2-3-4-8-5-6-9(12(13)14)7-10(8)11/h1,5-7H,3-4H2. The molecule has 0 spiro atoms. The van der Waals surface area contributed by atoms with E-state index in [9.17, 15) is 10.1 Å². The SMILES string of the molecule is C#CCCc1ccc([N+](=O)[O-])cc1Br. The van der Waals surface area contributed by atoms with Gasteiger partial charge in [0.2, 0.25) is 0 Å². The first-order chi connectivity index (χ1) is 6.65. The maximum Gasteiger partial charge on any atom is 0.270 e. The van der Waals surface area contributed by atoms with Gasteiger partial charge in [-0.15, -0.1) is 12.3 Å². The molecule has 0 aromatic heterocycles. The first kappa shape index (κ1) is 10.7. The summed E-state index contributed by atoms with van der Waals surface area (Å²) in [6.45, 7) is 0. The number of terminal acetylenes is 1. The summed E-state index contributed by atoms with van der Waals surface area (Å²) >= 11 is 3.27. The molecule has 0 aliphatic heterocycles. The van der Waals surface area contributed by atoms with Crippen LogP contribution < -0.4 is 0 Å². The topological polar surface area (TPSA) is 43.1 Å². The molecule has 14 heavy (non-hydrogen) atoms. The molecule has 0 unspecified atom stereocenters. The Morgan fingerprint density at radius 3 is 2.79 bits per heavy atom. The Labute approximate surface area is 90.4 Å². The van der Waals surface area contributed by atoms with Crippen molar-refractivity contribution < 1.29 is 4.92 Å². The van der Waals surface area contributed by atoms with Gasteiger partial charge in [-0.2, -0.15) is 0 Å². The van der Waals surface area contributed by atoms with Crippen LogP contribution in [0.3, 0.4) is 0 Å². The van der Waals surface area contributed by atoms with Gasteiger partial charge in [-0.25, -0.2) is 0 Å². The molecule has 0 fully saturated rings. The molecule has 0 aliphatic rings. The highest BCUT2D eigenvalue weighted by molar-refractivity contribution is 9.10. The van der Waals surface area contributed by atoms with E-state index in [1.54, 1.807) is 6.07 Å². The summed E-state index contributed by atoms with van der Waals surface area (Å²) in [6, 6.07) is 4.70. The van der Waals surface area contributed by atoms with Crippen LogP contribution in [0.25, 0.3) is 0 Å². The second-order valence-corrected chi connectivity index (χ2v) is 3.59.